The summed E-state index contributed by atoms with van der Waals surface area (Å²) in [6.45, 7) is 3.94. The molecule has 2 N–H and O–H groups in total. The molecule has 0 atom stereocenters. The predicted octanol–water partition coefficient (Wildman–Crippen LogP) is 4.23. The molecule has 0 spiro atoms. The topological polar surface area (TPSA) is 101 Å². The van der Waals surface area contributed by atoms with Crippen molar-refractivity contribution in [2.45, 2.75) is 20.3 Å². The van der Waals surface area contributed by atoms with Gasteiger partial charge in [-0.2, -0.15) is 0 Å². The second-order valence-electron chi connectivity index (χ2n) is 6.36. The molecule has 7 heteroatoms. The smallest absolute Gasteiger partial charge is 0.276 e. The largest absolute Gasteiger partial charge is 0.326 e. The van der Waals surface area contributed by atoms with E-state index in [0.29, 0.717) is 23.4 Å². The molecule has 0 radical (unpaired) electrons. The first-order valence-electron chi connectivity index (χ1n) is 8.47. The van der Waals surface area contributed by atoms with Gasteiger partial charge in [0.25, 0.3) is 5.69 Å². The summed E-state index contributed by atoms with van der Waals surface area (Å²) in [7, 11) is 0. The van der Waals surface area contributed by atoms with Crippen LogP contribution in [0.4, 0.5) is 17.1 Å². The van der Waals surface area contributed by atoms with Crippen LogP contribution in [0.5, 0.6) is 0 Å². The molecule has 7 nitrogen and oxygen atoms in total. The van der Waals surface area contributed by atoms with Crippen LogP contribution < -0.4 is 10.6 Å². The van der Waals surface area contributed by atoms with E-state index in [9.17, 15) is 19.7 Å². The van der Waals surface area contributed by atoms with Gasteiger partial charge in [0.2, 0.25) is 11.8 Å². The molecule has 27 heavy (non-hydrogen) atoms. The van der Waals surface area contributed by atoms with Gasteiger partial charge in [0, 0.05) is 29.9 Å². The zero-order chi connectivity index (χ0) is 19.8. The van der Waals surface area contributed by atoms with E-state index in [0.717, 1.165) is 0 Å². The first-order chi connectivity index (χ1) is 12.8. The Morgan fingerprint density at radius 3 is 2.22 bits per heavy atom. The van der Waals surface area contributed by atoms with Crippen molar-refractivity contribution in [3.63, 3.8) is 0 Å². The average molecular weight is 367 g/mol. The molecule has 2 aromatic rings. The van der Waals surface area contributed by atoms with Gasteiger partial charge in [0.1, 0.15) is 0 Å². The molecule has 0 saturated carbocycles. The summed E-state index contributed by atoms with van der Waals surface area (Å²) in [5.74, 6) is -0.199. The van der Waals surface area contributed by atoms with Gasteiger partial charge in [-0.1, -0.05) is 26.0 Å². The van der Waals surface area contributed by atoms with Gasteiger partial charge in [-0.05, 0) is 42.3 Å². The van der Waals surface area contributed by atoms with E-state index in [1.165, 1.54) is 18.2 Å². The van der Waals surface area contributed by atoms with E-state index in [1.807, 2.05) is 13.8 Å². The molecule has 0 aliphatic carbocycles. The molecule has 0 aliphatic heterocycles. The van der Waals surface area contributed by atoms with Crippen molar-refractivity contribution >= 4 is 35.0 Å². The summed E-state index contributed by atoms with van der Waals surface area (Å²) >= 11 is 0. The Kier molecular flexibility index (Phi) is 6.82. The molecule has 0 aromatic heterocycles. The fraction of sp³-hybridized carbons (Fsp3) is 0.200. The summed E-state index contributed by atoms with van der Waals surface area (Å²) < 4.78 is 0. The third kappa shape index (κ3) is 6.39. The number of para-hydroxylation sites is 1. The maximum atomic E-state index is 12.0. The first kappa shape index (κ1) is 19.8. The van der Waals surface area contributed by atoms with E-state index in [2.05, 4.69) is 10.6 Å². The number of rotatable bonds is 7. The average Bonchev–Trinajstić information content (AvgIpc) is 2.61. The van der Waals surface area contributed by atoms with Crippen molar-refractivity contribution in [1.82, 2.24) is 0 Å². The number of nitrogens with one attached hydrogen (secondary N) is 2. The van der Waals surface area contributed by atoms with Crippen LogP contribution in [0.15, 0.2) is 54.6 Å². The van der Waals surface area contributed by atoms with Gasteiger partial charge in [-0.15, -0.1) is 0 Å². The third-order valence-corrected chi connectivity index (χ3v) is 3.58. The highest BCUT2D eigenvalue weighted by Crippen LogP contribution is 2.19. The van der Waals surface area contributed by atoms with E-state index < -0.39 is 10.8 Å². The molecule has 0 fully saturated rings. The van der Waals surface area contributed by atoms with Crippen LogP contribution >= 0.6 is 0 Å². The number of nitrogens with zero attached hydrogens (tertiary/aromatic N) is 1. The normalized spacial score (nSPS) is 10.8. The lowest BCUT2D eigenvalue weighted by Crippen LogP contribution is -2.14. The number of anilines is 2. The number of nitro benzene ring substituents is 1. The molecule has 2 rings (SSSR count). The molecule has 0 unspecified atom stereocenters. The van der Waals surface area contributed by atoms with Crippen molar-refractivity contribution in [2.75, 3.05) is 10.6 Å². The van der Waals surface area contributed by atoms with Gasteiger partial charge in [0.15, 0.2) is 0 Å². The Bertz CT molecular complexity index is 858. The molecule has 0 saturated heterocycles. The van der Waals surface area contributed by atoms with E-state index in [-0.39, 0.29) is 17.5 Å². The zero-order valence-corrected chi connectivity index (χ0v) is 15.1. The highest BCUT2D eigenvalue weighted by Gasteiger charge is 2.10. The number of carbonyl (C=O) groups is 2. The highest BCUT2D eigenvalue weighted by molar-refractivity contribution is 6.02. The van der Waals surface area contributed by atoms with Crippen molar-refractivity contribution in [1.29, 1.82) is 0 Å². The van der Waals surface area contributed by atoms with Crippen molar-refractivity contribution < 1.29 is 14.5 Å². The van der Waals surface area contributed by atoms with Crippen LogP contribution in [0.2, 0.25) is 0 Å². The Morgan fingerprint density at radius 2 is 1.63 bits per heavy atom. The maximum absolute atomic E-state index is 12.0. The highest BCUT2D eigenvalue weighted by atomic mass is 16.6. The van der Waals surface area contributed by atoms with Crippen LogP contribution in [-0.4, -0.2) is 16.7 Å². The van der Waals surface area contributed by atoms with Crippen molar-refractivity contribution in [2.24, 2.45) is 5.92 Å². The third-order valence-electron chi connectivity index (χ3n) is 3.58. The van der Waals surface area contributed by atoms with E-state index in [4.69, 9.17) is 0 Å². The standard InChI is InChI=1S/C20H21N3O4/c1-14(2)13-20(25)22-17-10-8-16(9-11-17)21-19(24)12-7-15-5-3-4-6-18(15)23(26)27/h3-12,14H,13H2,1-2H3,(H,21,24)(H,22,25). The van der Waals surface area contributed by atoms with Crippen molar-refractivity contribution in [3.8, 4) is 0 Å². The monoisotopic (exact) mass is 367 g/mol. The van der Waals surface area contributed by atoms with Gasteiger partial charge >= 0.3 is 0 Å². The van der Waals surface area contributed by atoms with E-state index >= 15 is 0 Å². The molecule has 2 amide bonds. The summed E-state index contributed by atoms with van der Waals surface area (Å²) in [6.07, 6.45) is 3.07. The van der Waals surface area contributed by atoms with Gasteiger partial charge in [0.05, 0.1) is 10.5 Å². The molecule has 0 heterocycles. The van der Waals surface area contributed by atoms with Gasteiger partial charge in [-0.25, -0.2) is 0 Å². The number of benzene rings is 2. The Balaban J connectivity index is 1.96. The second-order valence-corrected chi connectivity index (χ2v) is 6.36. The Morgan fingerprint density at radius 1 is 1.04 bits per heavy atom. The molecule has 0 aliphatic rings. The molecular formula is C20H21N3O4. The number of amides is 2. The SMILES string of the molecule is CC(C)CC(=O)Nc1ccc(NC(=O)C=Cc2ccccc2[N+](=O)[O-])cc1. The Hall–Kier alpha value is -3.48. The zero-order valence-electron chi connectivity index (χ0n) is 15.1. The van der Waals surface area contributed by atoms with Crippen LogP contribution in [-0.2, 0) is 9.59 Å². The molecule has 140 valence electrons. The van der Waals surface area contributed by atoms with Crippen LogP contribution in [0.25, 0.3) is 6.08 Å². The maximum Gasteiger partial charge on any atom is 0.276 e. The van der Waals surface area contributed by atoms with Crippen molar-refractivity contribution in [3.05, 3.63) is 70.3 Å². The van der Waals surface area contributed by atoms with E-state index in [1.54, 1.807) is 42.5 Å². The lowest BCUT2D eigenvalue weighted by atomic mass is 10.1. The number of nitro groups is 1. The summed E-state index contributed by atoms with van der Waals surface area (Å²) in [6, 6.07) is 12.9. The fourth-order valence-corrected chi connectivity index (χ4v) is 2.36. The second kappa shape index (κ2) is 9.28. The Labute approximate surface area is 157 Å². The minimum atomic E-state index is -0.496. The fourth-order valence-electron chi connectivity index (χ4n) is 2.36. The summed E-state index contributed by atoms with van der Waals surface area (Å²) in [5.41, 5.74) is 1.48. The summed E-state index contributed by atoms with van der Waals surface area (Å²) in [5, 5.41) is 16.4. The molecule has 2 aromatic carbocycles. The van der Waals surface area contributed by atoms with Crippen LogP contribution in [0.3, 0.4) is 0 Å². The van der Waals surface area contributed by atoms with Crippen LogP contribution in [0.1, 0.15) is 25.8 Å². The van der Waals surface area contributed by atoms with Crippen LogP contribution in [0, 0.1) is 16.0 Å². The molecule has 0 bridgehead atoms. The van der Waals surface area contributed by atoms with Gasteiger partial charge < -0.3 is 10.6 Å². The lowest BCUT2D eigenvalue weighted by Gasteiger charge is -2.08. The number of hydrogen-bond acceptors (Lipinski definition) is 4. The van der Waals surface area contributed by atoms with Gasteiger partial charge in [-0.3, -0.25) is 19.7 Å². The quantitative estimate of drug-likeness (QED) is 0.434. The predicted molar refractivity (Wildman–Crippen MR) is 105 cm³/mol. The first-order valence-corrected chi connectivity index (χ1v) is 8.47. The summed E-state index contributed by atoms with van der Waals surface area (Å²) in [4.78, 5) is 34.2. The number of carbonyl (C=O) groups excluding carboxylic acids is 2. The number of hydrogen-bond donors (Lipinski definition) is 2. The minimum Gasteiger partial charge on any atom is -0.326 e. The molecular weight excluding hydrogens is 346 g/mol. The lowest BCUT2D eigenvalue weighted by molar-refractivity contribution is -0.385. The minimum absolute atomic E-state index is 0.0609.